The lowest BCUT2D eigenvalue weighted by Gasteiger charge is -2.30. The molecule has 0 aliphatic heterocycles. The van der Waals surface area contributed by atoms with Crippen molar-refractivity contribution in [2.24, 2.45) is 11.3 Å². The lowest BCUT2D eigenvalue weighted by atomic mass is 9.92. The summed E-state index contributed by atoms with van der Waals surface area (Å²) in [7, 11) is 0. The van der Waals surface area contributed by atoms with Crippen LogP contribution in [0.15, 0.2) is 24.3 Å². The second-order valence-electron chi connectivity index (χ2n) is 11.3. The molecule has 0 spiro atoms. The van der Waals surface area contributed by atoms with Crippen LogP contribution < -0.4 is 4.74 Å². The van der Waals surface area contributed by atoms with Crippen LogP contribution in [0, 0.1) is 11.3 Å². The average molecular weight is 391 g/mol. The van der Waals surface area contributed by atoms with Crippen LogP contribution >= 0.6 is 0 Å². The molecule has 1 aromatic rings. The molecule has 28 heavy (non-hydrogen) atoms. The first-order valence-corrected chi connectivity index (χ1v) is 10.8. The average Bonchev–Trinajstić information content (AvgIpc) is 2.89. The lowest BCUT2D eigenvalue weighted by Crippen LogP contribution is -2.31. The molecule has 1 aliphatic carbocycles. The Balaban J connectivity index is 1.85. The predicted molar refractivity (Wildman–Crippen MR) is 117 cm³/mol. The van der Waals surface area contributed by atoms with Gasteiger partial charge in [-0.3, -0.25) is 0 Å². The molecule has 3 heteroatoms. The van der Waals surface area contributed by atoms with Crippen molar-refractivity contribution >= 4 is 0 Å². The Kier molecular flexibility index (Phi) is 7.61. The normalized spacial score (nSPS) is 21.1. The van der Waals surface area contributed by atoms with Gasteiger partial charge in [-0.25, -0.2) is 0 Å². The summed E-state index contributed by atoms with van der Waals surface area (Å²) in [4.78, 5) is 0. The summed E-state index contributed by atoms with van der Waals surface area (Å²) in [5.41, 5.74) is 1.11. The van der Waals surface area contributed by atoms with E-state index in [4.69, 9.17) is 14.2 Å². The lowest BCUT2D eigenvalue weighted by molar-refractivity contribution is -0.0584. The molecule has 0 heterocycles. The summed E-state index contributed by atoms with van der Waals surface area (Å²) in [6.45, 7) is 18.8. The van der Waals surface area contributed by atoms with Gasteiger partial charge in [0.25, 0.3) is 0 Å². The number of hydrogen-bond acceptors (Lipinski definition) is 3. The van der Waals surface area contributed by atoms with Gasteiger partial charge < -0.3 is 14.2 Å². The molecule has 160 valence electrons. The number of hydrogen-bond donors (Lipinski definition) is 0. The molecule has 1 aliphatic rings. The van der Waals surface area contributed by atoms with E-state index in [9.17, 15) is 0 Å². The summed E-state index contributed by atoms with van der Waals surface area (Å²) >= 11 is 0. The van der Waals surface area contributed by atoms with Crippen LogP contribution in [0.2, 0.25) is 0 Å². The monoisotopic (exact) mass is 390 g/mol. The summed E-state index contributed by atoms with van der Waals surface area (Å²) in [6, 6.07) is 8.33. The van der Waals surface area contributed by atoms with Gasteiger partial charge >= 0.3 is 0 Å². The topological polar surface area (TPSA) is 27.7 Å². The molecule has 2 rings (SSSR count). The highest BCUT2D eigenvalue weighted by Gasteiger charge is 2.33. The summed E-state index contributed by atoms with van der Waals surface area (Å²) in [6.07, 6.45) is 4.99. The molecule has 0 aromatic heterocycles. The molecule has 2 unspecified atom stereocenters. The summed E-state index contributed by atoms with van der Waals surface area (Å²) < 4.78 is 18.4. The molecule has 3 nitrogen and oxygen atoms in total. The van der Waals surface area contributed by atoms with Gasteiger partial charge in [-0.1, -0.05) is 32.9 Å². The van der Waals surface area contributed by atoms with Gasteiger partial charge in [0.05, 0.1) is 24.9 Å². The fourth-order valence-corrected chi connectivity index (χ4v) is 4.05. The molecule has 0 radical (unpaired) electrons. The van der Waals surface area contributed by atoms with Crippen LogP contribution in [0.4, 0.5) is 0 Å². The number of rotatable bonds is 8. The third-order valence-corrected chi connectivity index (χ3v) is 4.89. The first kappa shape index (κ1) is 23.2. The Hall–Kier alpha value is -1.06. The van der Waals surface area contributed by atoms with E-state index in [1.54, 1.807) is 0 Å². The van der Waals surface area contributed by atoms with Gasteiger partial charge in [0, 0.05) is 0 Å². The van der Waals surface area contributed by atoms with E-state index in [0.717, 1.165) is 30.8 Å². The fourth-order valence-electron chi connectivity index (χ4n) is 4.05. The minimum Gasteiger partial charge on any atom is -0.488 e. The first-order chi connectivity index (χ1) is 12.8. The molecule has 1 aromatic carbocycles. The van der Waals surface area contributed by atoms with Gasteiger partial charge in [-0.15, -0.1) is 0 Å². The van der Waals surface area contributed by atoms with E-state index in [2.05, 4.69) is 79.7 Å². The highest BCUT2D eigenvalue weighted by Crippen LogP contribution is 2.37. The smallest absolute Gasteiger partial charge is 0.120 e. The van der Waals surface area contributed by atoms with Gasteiger partial charge in [0.1, 0.15) is 11.4 Å². The summed E-state index contributed by atoms with van der Waals surface area (Å²) in [5, 5.41) is 0. The first-order valence-electron chi connectivity index (χ1n) is 10.8. The highest BCUT2D eigenvalue weighted by molar-refractivity contribution is 5.28. The van der Waals surface area contributed by atoms with E-state index in [1.807, 2.05) is 0 Å². The summed E-state index contributed by atoms with van der Waals surface area (Å²) in [5.74, 6) is 1.60. The molecule has 0 bridgehead atoms. The maximum absolute atomic E-state index is 6.39. The van der Waals surface area contributed by atoms with Crippen molar-refractivity contribution in [1.29, 1.82) is 0 Å². The molecule has 0 amide bonds. The zero-order valence-electron chi connectivity index (χ0n) is 19.4. The maximum Gasteiger partial charge on any atom is 0.120 e. The van der Waals surface area contributed by atoms with Crippen molar-refractivity contribution in [3.63, 3.8) is 0 Å². The van der Waals surface area contributed by atoms with Crippen LogP contribution in [-0.4, -0.2) is 23.9 Å². The molecular formula is C25H42O3. The SMILES string of the molecule is CC(C)(C)COCc1cccc(OC(C)(C)CC2CCC(OC(C)(C)C)C2)c1. The van der Waals surface area contributed by atoms with Crippen LogP contribution in [0.1, 0.15) is 86.6 Å². The minimum atomic E-state index is -0.188. The maximum atomic E-state index is 6.39. The number of benzene rings is 1. The van der Waals surface area contributed by atoms with Gasteiger partial charge in [-0.05, 0) is 89.3 Å². The van der Waals surface area contributed by atoms with Gasteiger partial charge in [0.15, 0.2) is 0 Å². The zero-order valence-corrected chi connectivity index (χ0v) is 19.4. The highest BCUT2D eigenvalue weighted by atomic mass is 16.5. The standard InChI is InChI=1S/C25H42O3/c1-23(2,3)18-26-17-20-10-9-11-21(15-20)28-25(7,8)16-19-12-13-22(14-19)27-24(4,5)6/h9-11,15,19,22H,12-14,16-18H2,1-8H3. The van der Waals surface area contributed by atoms with E-state index in [-0.39, 0.29) is 16.6 Å². The molecular weight excluding hydrogens is 348 g/mol. The second kappa shape index (κ2) is 9.17. The third-order valence-electron chi connectivity index (χ3n) is 4.89. The van der Waals surface area contributed by atoms with E-state index >= 15 is 0 Å². The molecule has 2 atom stereocenters. The van der Waals surface area contributed by atoms with Crippen molar-refractivity contribution in [3.8, 4) is 5.75 Å². The van der Waals surface area contributed by atoms with Crippen molar-refractivity contribution in [2.75, 3.05) is 6.61 Å². The Morgan fingerprint density at radius 2 is 1.68 bits per heavy atom. The van der Waals surface area contributed by atoms with Crippen LogP contribution in [0.25, 0.3) is 0 Å². The minimum absolute atomic E-state index is 0.0545. The largest absolute Gasteiger partial charge is 0.488 e. The Bertz CT molecular complexity index is 607. The van der Waals surface area contributed by atoms with Gasteiger partial charge in [0.2, 0.25) is 0 Å². The van der Waals surface area contributed by atoms with E-state index in [0.29, 0.717) is 18.6 Å². The van der Waals surface area contributed by atoms with Gasteiger partial charge in [-0.2, -0.15) is 0 Å². The molecule has 1 fully saturated rings. The number of ether oxygens (including phenoxy) is 3. The molecule has 0 N–H and O–H groups in total. The van der Waals surface area contributed by atoms with Crippen molar-refractivity contribution in [1.82, 2.24) is 0 Å². The Morgan fingerprint density at radius 3 is 2.32 bits per heavy atom. The van der Waals surface area contributed by atoms with Crippen molar-refractivity contribution in [2.45, 2.75) is 105 Å². The Morgan fingerprint density at radius 1 is 0.964 bits per heavy atom. The predicted octanol–water partition coefficient (Wildman–Crippen LogP) is 6.78. The second-order valence-corrected chi connectivity index (χ2v) is 11.3. The van der Waals surface area contributed by atoms with Crippen LogP contribution in [0.3, 0.4) is 0 Å². The van der Waals surface area contributed by atoms with E-state index in [1.165, 1.54) is 12.8 Å². The van der Waals surface area contributed by atoms with Crippen LogP contribution in [-0.2, 0) is 16.1 Å². The van der Waals surface area contributed by atoms with E-state index < -0.39 is 0 Å². The molecule has 0 saturated heterocycles. The fraction of sp³-hybridized carbons (Fsp3) is 0.760. The third kappa shape index (κ3) is 8.96. The quantitative estimate of drug-likeness (QED) is 0.489. The van der Waals surface area contributed by atoms with Crippen LogP contribution in [0.5, 0.6) is 5.75 Å². The molecule has 1 saturated carbocycles. The Labute approximate surface area is 173 Å². The van der Waals surface area contributed by atoms with Crippen molar-refractivity contribution in [3.05, 3.63) is 29.8 Å². The van der Waals surface area contributed by atoms with Crippen molar-refractivity contribution < 1.29 is 14.2 Å². The zero-order chi connectivity index (χ0) is 21.0.